The van der Waals surface area contributed by atoms with Crippen molar-refractivity contribution in [2.75, 3.05) is 13.6 Å². The molecule has 0 aromatic heterocycles. The normalized spacial score (nSPS) is 23.7. The summed E-state index contributed by atoms with van der Waals surface area (Å²) in [7, 11) is 2.28. The van der Waals surface area contributed by atoms with Crippen LogP contribution in [0.3, 0.4) is 0 Å². The molecular weight excluding hydrogens is 158 g/mol. The van der Waals surface area contributed by atoms with Gasteiger partial charge in [0.1, 0.15) is 0 Å². The van der Waals surface area contributed by atoms with Crippen molar-refractivity contribution < 1.29 is 0 Å². The molecule has 0 N–H and O–H groups in total. The molecule has 0 amide bonds. The number of hydrogen-bond acceptors (Lipinski definition) is 1. The van der Waals surface area contributed by atoms with Crippen molar-refractivity contribution in [1.29, 1.82) is 0 Å². The van der Waals surface area contributed by atoms with Crippen LogP contribution in [-0.4, -0.2) is 24.5 Å². The zero-order valence-corrected chi connectivity index (χ0v) is 8.76. The van der Waals surface area contributed by atoms with Crippen LogP contribution in [-0.2, 0) is 0 Å². The van der Waals surface area contributed by atoms with E-state index < -0.39 is 0 Å². The van der Waals surface area contributed by atoms with E-state index in [4.69, 9.17) is 0 Å². The Bertz CT molecular complexity index is 183. The molecule has 74 valence electrons. The highest BCUT2D eigenvalue weighted by molar-refractivity contribution is 5.10. The summed E-state index contributed by atoms with van der Waals surface area (Å²) in [6.45, 7) is 1.19. The van der Waals surface area contributed by atoms with Crippen LogP contribution >= 0.6 is 0 Å². The number of allylic oxidation sites excluding steroid dienone is 1. The minimum atomic E-state index is 0.886. The molecule has 0 aromatic rings. The summed E-state index contributed by atoms with van der Waals surface area (Å²) in [5.41, 5.74) is 1.70. The Labute approximate surface area is 81.8 Å². The molecule has 0 aromatic carbocycles. The lowest BCUT2D eigenvalue weighted by atomic mass is 9.92. The van der Waals surface area contributed by atoms with Crippen LogP contribution in [0.1, 0.15) is 44.9 Å². The summed E-state index contributed by atoms with van der Waals surface area (Å²) >= 11 is 0. The molecule has 0 saturated heterocycles. The van der Waals surface area contributed by atoms with Crippen molar-refractivity contribution in [2.24, 2.45) is 0 Å². The smallest absolute Gasteiger partial charge is 0.0165 e. The number of nitrogens with zero attached hydrogens (tertiary/aromatic N) is 1. The maximum Gasteiger partial charge on any atom is 0.0165 e. The summed E-state index contributed by atoms with van der Waals surface area (Å²) in [6, 6.07) is 0.886. The second-order valence-electron chi connectivity index (χ2n) is 4.59. The average Bonchev–Trinajstić information content (AvgIpc) is 2.52. The summed E-state index contributed by atoms with van der Waals surface area (Å²) in [4.78, 5) is 2.54. The Morgan fingerprint density at radius 3 is 2.46 bits per heavy atom. The van der Waals surface area contributed by atoms with Crippen LogP contribution in [0.5, 0.6) is 0 Å². The van der Waals surface area contributed by atoms with E-state index in [9.17, 15) is 0 Å². The third-order valence-corrected chi connectivity index (χ3v) is 3.61. The van der Waals surface area contributed by atoms with Crippen molar-refractivity contribution in [3.05, 3.63) is 11.6 Å². The second-order valence-corrected chi connectivity index (χ2v) is 4.59. The molecule has 2 rings (SSSR count). The largest absolute Gasteiger partial charge is 0.300 e. The topological polar surface area (TPSA) is 3.24 Å². The molecule has 13 heavy (non-hydrogen) atoms. The summed E-state index contributed by atoms with van der Waals surface area (Å²) < 4.78 is 0. The minimum absolute atomic E-state index is 0.886. The quantitative estimate of drug-likeness (QED) is 0.602. The van der Waals surface area contributed by atoms with Crippen molar-refractivity contribution in [3.8, 4) is 0 Å². The van der Waals surface area contributed by atoms with E-state index in [0.29, 0.717) is 0 Å². The van der Waals surface area contributed by atoms with Gasteiger partial charge < -0.3 is 0 Å². The average molecular weight is 179 g/mol. The number of hydrogen-bond donors (Lipinski definition) is 0. The molecule has 2 fully saturated rings. The SMILES string of the molecule is CN(CC=C1CCC1)C1CCCC1. The van der Waals surface area contributed by atoms with Gasteiger partial charge in [-0.3, -0.25) is 4.90 Å². The van der Waals surface area contributed by atoms with Crippen LogP contribution in [0.4, 0.5) is 0 Å². The molecule has 0 unspecified atom stereocenters. The van der Waals surface area contributed by atoms with Crippen LogP contribution in [0, 0.1) is 0 Å². The molecule has 0 radical (unpaired) electrons. The van der Waals surface area contributed by atoms with E-state index in [1.165, 1.54) is 51.5 Å². The van der Waals surface area contributed by atoms with Gasteiger partial charge in [0.05, 0.1) is 0 Å². The first kappa shape index (κ1) is 9.26. The number of rotatable bonds is 3. The van der Waals surface area contributed by atoms with Gasteiger partial charge >= 0.3 is 0 Å². The van der Waals surface area contributed by atoms with Crippen LogP contribution in [0.25, 0.3) is 0 Å². The van der Waals surface area contributed by atoms with E-state index in [-0.39, 0.29) is 0 Å². The van der Waals surface area contributed by atoms with E-state index in [1.54, 1.807) is 5.57 Å². The first-order valence-corrected chi connectivity index (χ1v) is 5.74. The van der Waals surface area contributed by atoms with Gasteiger partial charge in [0.25, 0.3) is 0 Å². The summed E-state index contributed by atoms with van der Waals surface area (Å²) in [5, 5.41) is 0. The molecule has 0 bridgehead atoms. The number of likely N-dealkylation sites (N-methyl/N-ethyl adjacent to an activating group) is 1. The van der Waals surface area contributed by atoms with Gasteiger partial charge in [-0.1, -0.05) is 24.5 Å². The standard InChI is InChI=1S/C12H21N/c1-13(12-7-2-3-8-12)10-9-11-5-4-6-11/h9,12H,2-8,10H2,1H3. The first-order chi connectivity index (χ1) is 6.36. The zero-order chi connectivity index (χ0) is 9.10. The Balaban J connectivity index is 1.73. The Kier molecular flexibility index (Phi) is 3.05. The van der Waals surface area contributed by atoms with Gasteiger partial charge in [0.15, 0.2) is 0 Å². The van der Waals surface area contributed by atoms with Gasteiger partial charge in [-0.05, 0) is 39.2 Å². The monoisotopic (exact) mass is 179 g/mol. The maximum atomic E-state index is 2.54. The fourth-order valence-electron chi connectivity index (χ4n) is 2.35. The molecule has 1 heteroatoms. The Morgan fingerprint density at radius 1 is 1.23 bits per heavy atom. The Morgan fingerprint density at radius 2 is 1.92 bits per heavy atom. The minimum Gasteiger partial charge on any atom is -0.300 e. The third-order valence-electron chi connectivity index (χ3n) is 3.61. The molecule has 0 atom stereocenters. The van der Waals surface area contributed by atoms with Gasteiger partial charge in [-0.15, -0.1) is 0 Å². The second kappa shape index (κ2) is 4.28. The van der Waals surface area contributed by atoms with Gasteiger partial charge in [0.2, 0.25) is 0 Å². The fourth-order valence-corrected chi connectivity index (χ4v) is 2.35. The lowest BCUT2D eigenvalue weighted by Crippen LogP contribution is -2.29. The lowest BCUT2D eigenvalue weighted by Gasteiger charge is -2.24. The summed E-state index contributed by atoms with van der Waals surface area (Å²) in [5.74, 6) is 0. The molecule has 0 aliphatic heterocycles. The van der Waals surface area contributed by atoms with Gasteiger partial charge in [0, 0.05) is 12.6 Å². The van der Waals surface area contributed by atoms with Crippen molar-refractivity contribution >= 4 is 0 Å². The summed E-state index contributed by atoms with van der Waals surface area (Å²) in [6.07, 6.45) is 12.4. The van der Waals surface area contributed by atoms with Crippen molar-refractivity contribution in [2.45, 2.75) is 51.0 Å². The molecule has 2 saturated carbocycles. The molecule has 2 aliphatic rings. The first-order valence-electron chi connectivity index (χ1n) is 5.74. The predicted molar refractivity (Wildman–Crippen MR) is 56.8 cm³/mol. The van der Waals surface area contributed by atoms with E-state index in [0.717, 1.165) is 6.04 Å². The molecule has 0 spiro atoms. The van der Waals surface area contributed by atoms with Crippen LogP contribution in [0.15, 0.2) is 11.6 Å². The Hall–Kier alpha value is -0.300. The molecule has 1 nitrogen and oxygen atoms in total. The van der Waals surface area contributed by atoms with Gasteiger partial charge in [-0.2, -0.15) is 0 Å². The van der Waals surface area contributed by atoms with Crippen LogP contribution in [0.2, 0.25) is 0 Å². The fraction of sp³-hybridized carbons (Fsp3) is 0.833. The van der Waals surface area contributed by atoms with Crippen molar-refractivity contribution in [3.63, 3.8) is 0 Å². The highest BCUT2D eigenvalue weighted by Gasteiger charge is 2.18. The highest BCUT2D eigenvalue weighted by atomic mass is 15.1. The highest BCUT2D eigenvalue weighted by Crippen LogP contribution is 2.26. The molecule has 2 aliphatic carbocycles. The maximum absolute atomic E-state index is 2.54. The molecule has 0 heterocycles. The van der Waals surface area contributed by atoms with Crippen LogP contribution < -0.4 is 0 Å². The molecular formula is C12H21N. The predicted octanol–water partition coefficient (Wildman–Crippen LogP) is 2.97. The zero-order valence-electron chi connectivity index (χ0n) is 8.76. The van der Waals surface area contributed by atoms with E-state index >= 15 is 0 Å². The lowest BCUT2D eigenvalue weighted by molar-refractivity contribution is 0.269. The van der Waals surface area contributed by atoms with E-state index in [1.807, 2.05) is 0 Å². The third kappa shape index (κ3) is 2.34. The van der Waals surface area contributed by atoms with E-state index in [2.05, 4.69) is 18.0 Å². The van der Waals surface area contributed by atoms with Gasteiger partial charge in [-0.25, -0.2) is 0 Å². The van der Waals surface area contributed by atoms with Crippen molar-refractivity contribution in [1.82, 2.24) is 4.90 Å².